The van der Waals surface area contributed by atoms with Crippen molar-refractivity contribution in [2.24, 2.45) is 0 Å². The zero-order chi connectivity index (χ0) is 13.3. The number of halogens is 2. The second-order valence-electron chi connectivity index (χ2n) is 4.28. The second-order valence-corrected chi connectivity index (χ2v) is 5.09. The molecule has 4 nitrogen and oxygen atoms in total. The molecular weight excluding hydrogens is 275 g/mol. The van der Waals surface area contributed by atoms with Crippen molar-refractivity contribution in [1.29, 1.82) is 0 Å². The topological polar surface area (TPSA) is 47.7 Å². The summed E-state index contributed by atoms with van der Waals surface area (Å²) in [6.07, 6.45) is 0.0627. The maximum Gasteiger partial charge on any atom is 0.102 e. The molecule has 2 N–H and O–H groups in total. The van der Waals surface area contributed by atoms with Gasteiger partial charge in [0.2, 0.25) is 0 Å². The van der Waals surface area contributed by atoms with Gasteiger partial charge in [0.15, 0.2) is 0 Å². The van der Waals surface area contributed by atoms with Crippen LogP contribution in [-0.4, -0.2) is 39.5 Å². The Bertz CT molecular complexity index is 430. The Morgan fingerprint density at radius 2 is 1.61 bits per heavy atom. The Kier molecular flexibility index (Phi) is 4.22. The van der Waals surface area contributed by atoms with Gasteiger partial charge in [0.25, 0.3) is 0 Å². The summed E-state index contributed by atoms with van der Waals surface area (Å²) in [6, 6.07) is 3.45. The first kappa shape index (κ1) is 13.7. The molecule has 2 unspecified atom stereocenters. The summed E-state index contributed by atoms with van der Waals surface area (Å²) in [4.78, 5) is 2.10. The molecule has 1 aromatic rings. The number of ether oxygens (including phenoxy) is 2. The Morgan fingerprint density at radius 3 is 2.11 bits per heavy atom. The van der Waals surface area contributed by atoms with E-state index in [1.165, 1.54) is 0 Å². The predicted molar refractivity (Wildman–Crippen MR) is 74.7 cm³/mol. The van der Waals surface area contributed by atoms with E-state index in [9.17, 15) is 0 Å². The summed E-state index contributed by atoms with van der Waals surface area (Å²) in [6.45, 7) is 1.44. The van der Waals surface area contributed by atoms with E-state index in [4.69, 9.17) is 38.4 Å². The van der Waals surface area contributed by atoms with Gasteiger partial charge in [-0.3, -0.25) is 0 Å². The van der Waals surface area contributed by atoms with Gasteiger partial charge in [0.05, 0.1) is 21.4 Å². The van der Waals surface area contributed by atoms with Crippen LogP contribution in [0.4, 0.5) is 11.4 Å². The van der Waals surface area contributed by atoms with Gasteiger partial charge in [-0.15, -0.1) is 0 Å². The molecule has 2 atom stereocenters. The molecule has 1 saturated heterocycles. The van der Waals surface area contributed by atoms with Crippen LogP contribution in [0, 0.1) is 0 Å². The minimum absolute atomic E-state index is 0.0313. The molecule has 0 radical (unpaired) electrons. The summed E-state index contributed by atoms with van der Waals surface area (Å²) in [7, 11) is 3.36. The first-order chi connectivity index (χ1) is 8.56. The molecule has 0 spiro atoms. The van der Waals surface area contributed by atoms with Gasteiger partial charge < -0.3 is 20.1 Å². The zero-order valence-electron chi connectivity index (χ0n) is 10.3. The van der Waals surface area contributed by atoms with Crippen LogP contribution in [0.5, 0.6) is 0 Å². The standard InChI is InChI=1S/C12H16Cl2N2O2/c1-17-11-5-16(6-12(11)18-2)10-4-8(14)7(13)3-9(10)15/h3-4,11-12H,5-6,15H2,1-2H3. The number of anilines is 2. The van der Waals surface area contributed by atoms with Crippen LogP contribution >= 0.6 is 23.2 Å². The fourth-order valence-electron chi connectivity index (χ4n) is 2.22. The quantitative estimate of drug-likeness (QED) is 0.869. The van der Waals surface area contributed by atoms with Gasteiger partial charge >= 0.3 is 0 Å². The fraction of sp³-hybridized carbons (Fsp3) is 0.500. The smallest absolute Gasteiger partial charge is 0.102 e. The number of hydrogen-bond acceptors (Lipinski definition) is 4. The number of benzene rings is 1. The molecule has 1 aliphatic rings. The molecule has 0 aliphatic carbocycles. The highest BCUT2D eigenvalue weighted by molar-refractivity contribution is 6.42. The Hall–Kier alpha value is -0.680. The third kappa shape index (κ3) is 2.52. The van der Waals surface area contributed by atoms with Crippen LogP contribution < -0.4 is 10.6 Å². The number of nitrogen functional groups attached to an aromatic ring is 1. The molecular formula is C12H16Cl2N2O2. The summed E-state index contributed by atoms with van der Waals surface area (Å²) < 4.78 is 10.8. The molecule has 1 aliphatic heterocycles. The number of methoxy groups -OCH3 is 2. The van der Waals surface area contributed by atoms with Crippen molar-refractivity contribution in [3.63, 3.8) is 0 Å². The highest BCUT2D eigenvalue weighted by Gasteiger charge is 2.33. The second kappa shape index (κ2) is 5.53. The van der Waals surface area contributed by atoms with E-state index < -0.39 is 0 Å². The number of nitrogens with zero attached hydrogens (tertiary/aromatic N) is 1. The molecule has 1 aromatic carbocycles. The molecule has 0 amide bonds. The molecule has 18 heavy (non-hydrogen) atoms. The minimum Gasteiger partial charge on any atom is -0.397 e. The molecule has 1 heterocycles. The molecule has 2 rings (SSSR count). The third-order valence-electron chi connectivity index (χ3n) is 3.23. The normalized spacial score (nSPS) is 23.7. The van der Waals surface area contributed by atoms with E-state index in [-0.39, 0.29) is 12.2 Å². The van der Waals surface area contributed by atoms with Crippen LogP contribution in [0.15, 0.2) is 12.1 Å². The van der Waals surface area contributed by atoms with E-state index in [1.54, 1.807) is 26.4 Å². The van der Waals surface area contributed by atoms with Crippen molar-refractivity contribution in [2.75, 3.05) is 37.9 Å². The van der Waals surface area contributed by atoms with Gasteiger partial charge in [0, 0.05) is 27.3 Å². The molecule has 0 bridgehead atoms. The Morgan fingerprint density at radius 1 is 1.11 bits per heavy atom. The average molecular weight is 291 g/mol. The monoisotopic (exact) mass is 290 g/mol. The molecule has 0 saturated carbocycles. The average Bonchev–Trinajstić information content (AvgIpc) is 2.76. The first-order valence-electron chi connectivity index (χ1n) is 5.62. The van der Waals surface area contributed by atoms with Crippen molar-refractivity contribution in [2.45, 2.75) is 12.2 Å². The van der Waals surface area contributed by atoms with Gasteiger partial charge in [-0.05, 0) is 12.1 Å². The van der Waals surface area contributed by atoms with Gasteiger partial charge in [-0.1, -0.05) is 23.2 Å². The van der Waals surface area contributed by atoms with Crippen molar-refractivity contribution < 1.29 is 9.47 Å². The van der Waals surface area contributed by atoms with Crippen molar-refractivity contribution in [3.8, 4) is 0 Å². The van der Waals surface area contributed by atoms with Crippen LogP contribution in [0.1, 0.15) is 0 Å². The minimum atomic E-state index is 0.0313. The van der Waals surface area contributed by atoms with Gasteiger partial charge in [-0.25, -0.2) is 0 Å². The van der Waals surface area contributed by atoms with E-state index in [1.807, 2.05) is 0 Å². The van der Waals surface area contributed by atoms with Gasteiger partial charge in [-0.2, -0.15) is 0 Å². The summed E-state index contributed by atoms with van der Waals surface area (Å²) in [5.41, 5.74) is 7.45. The van der Waals surface area contributed by atoms with Gasteiger partial charge in [0.1, 0.15) is 12.2 Å². The van der Waals surface area contributed by atoms with Crippen LogP contribution in [0.3, 0.4) is 0 Å². The van der Waals surface area contributed by atoms with E-state index in [0.717, 1.165) is 18.8 Å². The maximum absolute atomic E-state index is 6.03. The summed E-state index contributed by atoms with van der Waals surface area (Å²) in [5, 5.41) is 0.958. The molecule has 0 aromatic heterocycles. The number of rotatable bonds is 3. The number of hydrogen-bond donors (Lipinski definition) is 1. The maximum atomic E-state index is 6.03. The predicted octanol–water partition coefficient (Wildman–Crippen LogP) is 2.43. The van der Waals surface area contributed by atoms with Crippen molar-refractivity contribution in [1.82, 2.24) is 0 Å². The zero-order valence-corrected chi connectivity index (χ0v) is 11.8. The lowest BCUT2D eigenvalue weighted by Gasteiger charge is -2.20. The van der Waals surface area contributed by atoms with E-state index >= 15 is 0 Å². The lowest BCUT2D eigenvalue weighted by molar-refractivity contribution is -0.00461. The number of nitrogens with two attached hydrogens (primary N) is 1. The molecule has 100 valence electrons. The van der Waals surface area contributed by atoms with E-state index in [2.05, 4.69) is 4.90 Å². The Balaban J connectivity index is 2.25. The highest BCUT2D eigenvalue weighted by Crippen LogP contribution is 2.35. The largest absolute Gasteiger partial charge is 0.397 e. The lowest BCUT2D eigenvalue weighted by atomic mass is 10.2. The Labute approximate surface area is 117 Å². The third-order valence-corrected chi connectivity index (χ3v) is 3.95. The van der Waals surface area contributed by atoms with Crippen molar-refractivity contribution >= 4 is 34.6 Å². The first-order valence-corrected chi connectivity index (χ1v) is 6.37. The van der Waals surface area contributed by atoms with Crippen LogP contribution in [0.25, 0.3) is 0 Å². The summed E-state index contributed by atoms with van der Waals surface area (Å²) >= 11 is 12.0. The highest BCUT2D eigenvalue weighted by atomic mass is 35.5. The lowest BCUT2D eigenvalue weighted by Crippen LogP contribution is -2.27. The summed E-state index contributed by atoms with van der Waals surface area (Å²) in [5.74, 6) is 0. The van der Waals surface area contributed by atoms with Crippen LogP contribution in [-0.2, 0) is 9.47 Å². The van der Waals surface area contributed by atoms with E-state index in [0.29, 0.717) is 15.7 Å². The molecule has 6 heteroatoms. The SMILES string of the molecule is COC1CN(c2cc(Cl)c(Cl)cc2N)CC1OC. The van der Waals surface area contributed by atoms with Crippen molar-refractivity contribution in [3.05, 3.63) is 22.2 Å². The molecule has 1 fully saturated rings. The van der Waals surface area contributed by atoms with Crippen LogP contribution in [0.2, 0.25) is 10.0 Å². The fourth-order valence-corrected chi connectivity index (χ4v) is 2.55.